The minimum absolute atomic E-state index is 0.0590. The van der Waals surface area contributed by atoms with Crippen LogP contribution in [0.2, 0.25) is 5.28 Å². The van der Waals surface area contributed by atoms with Crippen molar-refractivity contribution in [3.05, 3.63) is 5.28 Å². The lowest BCUT2D eigenvalue weighted by molar-refractivity contribution is -0.0375. The first-order valence-corrected chi connectivity index (χ1v) is 14.1. The largest absolute Gasteiger partial charge is 0.394 e. The Morgan fingerprint density at radius 1 is 1.21 bits per heavy atom. The Morgan fingerprint density at radius 2 is 1.88 bits per heavy atom. The van der Waals surface area contributed by atoms with Crippen LogP contribution in [0.5, 0.6) is 0 Å². The van der Waals surface area contributed by atoms with E-state index in [-0.39, 0.29) is 22.5 Å². The van der Waals surface area contributed by atoms with Crippen LogP contribution in [-0.4, -0.2) is 100 Å². The molecule has 2 aromatic heterocycles. The van der Waals surface area contributed by atoms with E-state index in [1.54, 1.807) is 0 Å². The summed E-state index contributed by atoms with van der Waals surface area (Å²) in [6, 6.07) is 0.164. The monoisotopic (exact) mass is 542 g/mol. The molecule has 4 rings (SSSR count). The predicted molar refractivity (Wildman–Crippen MR) is 117 cm³/mol. The first kappa shape index (κ1) is 25.6. The number of halogens is 1. The number of nitrogens with one attached hydrogen (secondary N) is 1. The number of sulfone groups is 1. The summed E-state index contributed by atoms with van der Waals surface area (Å²) in [4.78, 5) is 24.3. The topological polar surface area (TPSA) is 230 Å². The van der Waals surface area contributed by atoms with Crippen LogP contribution < -0.4 is 5.32 Å². The van der Waals surface area contributed by atoms with E-state index >= 15 is 0 Å². The molecule has 1 unspecified atom stereocenters. The van der Waals surface area contributed by atoms with Gasteiger partial charge in [-0.3, -0.25) is 4.57 Å². The molecule has 1 saturated heterocycles. The number of rotatable bonds is 8. The Kier molecular flexibility index (Phi) is 7.17. The molecule has 0 radical (unpaired) electrons. The van der Waals surface area contributed by atoms with E-state index in [0.717, 1.165) is 30.4 Å². The standard InChI is InChI=1S/C16H24ClN6O9PS/c17-16-19-13(18-7-3-1-2-4-7)10-14(20-16)23(22-21-10)15-12(26)11(25)8(32-15)6-34(30,31)9(5-24)33(27,28)29/h7-9,11-12,15,24-26H,1-6H2,(H,18,19,20)(H2,27,28,29)/t8-,9?,11-,12-,15-/m1/s1. The van der Waals surface area contributed by atoms with Gasteiger partial charge in [0.1, 0.15) is 18.3 Å². The minimum atomic E-state index is -5.21. The van der Waals surface area contributed by atoms with Crippen LogP contribution >= 0.6 is 19.2 Å². The fourth-order valence-corrected chi connectivity index (χ4v) is 7.67. The Balaban J connectivity index is 1.61. The van der Waals surface area contributed by atoms with E-state index in [9.17, 15) is 38.1 Å². The van der Waals surface area contributed by atoms with Crippen LogP contribution in [0.15, 0.2) is 0 Å². The van der Waals surface area contributed by atoms with E-state index in [2.05, 4.69) is 25.6 Å². The second kappa shape index (κ2) is 9.52. The number of fused-ring (bicyclic) bond motifs is 1. The summed E-state index contributed by atoms with van der Waals surface area (Å²) in [6.07, 6.45) is -2.46. The van der Waals surface area contributed by atoms with Gasteiger partial charge < -0.3 is 35.2 Å². The van der Waals surface area contributed by atoms with Gasteiger partial charge in [0.05, 0.1) is 12.4 Å². The van der Waals surface area contributed by atoms with Crippen molar-refractivity contribution in [2.24, 2.45) is 0 Å². The zero-order valence-corrected chi connectivity index (χ0v) is 20.0. The molecule has 3 heterocycles. The van der Waals surface area contributed by atoms with Crippen molar-refractivity contribution in [2.45, 2.75) is 61.3 Å². The highest BCUT2D eigenvalue weighted by Gasteiger charge is 2.49. The molecular formula is C16H24ClN6O9PS. The molecule has 15 nitrogen and oxygen atoms in total. The van der Waals surface area contributed by atoms with Gasteiger partial charge >= 0.3 is 7.60 Å². The highest BCUT2D eigenvalue weighted by Crippen LogP contribution is 2.45. The molecule has 0 amide bonds. The minimum Gasteiger partial charge on any atom is -0.394 e. The molecule has 1 saturated carbocycles. The summed E-state index contributed by atoms with van der Waals surface area (Å²) in [5.74, 6) is -0.748. The van der Waals surface area contributed by atoms with Gasteiger partial charge in [0.15, 0.2) is 38.0 Å². The summed E-state index contributed by atoms with van der Waals surface area (Å²) in [6.45, 7) is -1.33. The van der Waals surface area contributed by atoms with Crippen LogP contribution in [0.3, 0.4) is 0 Å². The Morgan fingerprint density at radius 3 is 2.50 bits per heavy atom. The molecule has 34 heavy (non-hydrogen) atoms. The van der Waals surface area contributed by atoms with Crippen LogP contribution in [0, 0.1) is 0 Å². The van der Waals surface area contributed by atoms with Crippen LogP contribution in [-0.2, 0) is 19.1 Å². The van der Waals surface area contributed by atoms with Crippen molar-refractivity contribution in [3.63, 3.8) is 0 Å². The summed E-state index contributed by atoms with van der Waals surface area (Å²) >= 11 is 6.06. The average Bonchev–Trinajstić information content (AvgIpc) is 3.44. The van der Waals surface area contributed by atoms with Crippen molar-refractivity contribution in [1.82, 2.24) is 25.0 Å². The zero-order chi connectivity index (χ0) is 24.8. The molecular weight excluding hydrogens is 519 g/mol. The highest BCUT2D eigenvalue weighted by molar-refractivity contribution is 7.98. The van der Waals surface area contributed by atoms with Gasteiger partial charge in [-0.05, 0) is 24.4 Å². The number of nitrogens with zero attached hydrogens (tertiary/aromatic N) is 5. The van der Waals surface area contributed by atoms with Crippen LogP contribution in [0.4, 0.5) is 5.82 Å². The molecule has 5 atom stereocenters. The lowest BCUT2D eigenvalue weighted by Gasteiger charge is -2.20. The molecule has 2 aliphatic rings. The van der Waals surface area contributed by atoms with Gasteiger partial charge in [0.25, 0.3) is 0 Å². The van der Waals surface area contributed by atoms with Crippen molar-refractivity contribution in [3.8, 4) is 0 Å². The quantitative estimate of drug-likeness (QED) is 0.169. The van der Waals surface area contributed by atoms with Gasteiger partial charge in [-0.25, -0.2) is 8.42 Å². The molecule has 190 valence electrons. The van der Waals surface area contributed by atoms with Gasteiger partial charge in [-0.15, -0.1) is 5.10 Å². The van der Waals surface area contributed by atoms with E-state index in [1.165, 1.54) is 0 Å². The van der Waals surface area contributed by atoms with E-state index in [0.29, 0.717) is 5.82 Å². The first-order valence-electron chi connectivity index (χ1n) is 10.4. The molecule has 2 aromatic rings. The van der Waals surface area contributed by atoms with Crippen LogP contribution in [0.1, 0.15) is 31.9 Å². The second-order valence-corrected chi connectivity index (χ2v) is 13.0. The second-order valence-electron chi connectivity index (χ2n) is 8.28. The summed E-state index contributed by atoms with van der Waals surface area (Å²) < 4.78 is 42.9. The normalized spacial score (nSPS) is 27.5. The lowest BCUT2D eigenvalue weighted by Crippen LogP contribution is -2.39. The lowest BCUT2D eigenvalue weighted by atomic mass is 10.1. The molecule has 0 aromatic carbocycles. The van der Waals surface area contributed by atoms with E-state index in [4.69, 9.17) is 16.3 Å². The molecule has 6 N–H and O–H groups in total. The Bertz CT molecular complexity index is 1200. The Hall–Kier alpha value is -1.49. The number of hydrogen-bond acceptors (Lipinski definition) is 12. The third-order valence-corrected chi connectivity index (χ3v) is 10.6. The Labute approximate surface area is 198 Å². The fourth-order valence-electron chi connectivity index (χ4n) is 4.18. The third kappa shape index (κ3) is 4.92. The molecule has 1 aliphatic carbocycles. The number of aromatic nitrogens is 5. The van der Waals surface area contributed by atoms with Crippen molar-refractivity contribution >= 4 is 46.0 Å². The maximum absolute atomic E-state index is 12.5. The number of aliphatic hydroxyl groups excluding tert-OH is 3. The maximum atomic E-state index is 12.5. The smallest absolute Gasteiger partial charge is 0.345 e. The SMILES string of the molecule is O=P(O)(O)C(CO)S(=O)(=O)C[C@H]1O[C@@H](n2nnc3c(NC4CCCC4)nc(Cl)nc32)[C@H](O)[C@@H]1O. The molecule has 1 aliphatic heterocycles. The van der Waals surface area contributed by atoms with Crippen molar-refractivity contribution in [2.75, 3.05) is 17.7 Å². The number of aliphatic hydroxyl groups is 3. The van der Waals surface area contributed by atoms with Crippen molar-refractivity contribution < 1.29 is 42.8 Å². The van der Waals surface area contributed by atoms with Gasteiger partial charge in [0, 0.05) is 6.04 Å². The fraction of sp³-hybridized carbons (Fsp3) is 0.750. The summed E-state index contributed by atoms with van der Waals surface area (Å²) in [5.41, 5.74) is 0.281. The highest BCUT2D eigenvalue weighted by atomic mass is 35.5. The van der Waals surface area contributed by atoms with Crippen LogP contribution in [0.25, 0.3) is 11.2 Å². The maximum Gasteiger partial charge on any atom is 0.345 e. The zero-order valence-electron chi connectivity index (χ0n) is 17.5. The number of hydrogen-bond donors (Lipinski definition) is 6. The van der Waals surface area contributed by atoms with E-state index in [1.807, 2.05) is 0 Å². The summed E-state index contributed by atoms with van der Waals surface area (Å²) in [7, 11) is -9.86. The molecule has 18 heteroatoms. The molecule has 0 bridgehead atoms. The van der Waals surface area contributed by atoms with E-state index < -0.39 is 59.3 Å². The predicted octanol–water partition coefficient (Wildman–Crippen LogP) is -1.24. The van der Waals surface area contributed by atoms with Gasteiger partial charge in [0.2, 0.25) is 5.28 Å². The third-order valence-electron chi connectivity index (χ3n) is 5.91. The first-order chi connectivity index (χ1) is 15.9. The number of ether oxygens (including phenoxy) is 1. The molecule has 2 fully saturated rings. The summed E-state index contributed by atoms with van der Waals surface area (Å²) in [5, 5.41) is 41.1. The molecule has 0 spiro atoms. The van der Waals surface area contributed by atoms with Crippen molar-refractivity contribution in [1.29, 1.82) is 0 Å². The van der Waals surface area contributed by atoms with Gasteiger partial charge in [-0.2, -0.15) is 14.6 Å². The average molecular weight is 543 g/mol. The van der Waals surface area contributed by atoms with Gasteiger partial charge in [-0.1, -0.05) is 18.1 Å². The number of anilines is 1.